The lowest BCUT2D eigenvalue weighted by Gasteiger charge is -2.33. The number of amides is 2. The van der Waals surface area contributed by atoms with Crippen molar-refractivity contribution in [3.05, 3.63) is 64.9 Å². The number of ether oxygens (including phenoxy) is 1. The second-order valence-corrected chi connectivity index (χ2v) is 8.56. The first-order valence-corrected chi connectivity index (χ1v) is 11.1. The predicted molar refractivity (Wildman–Crippen MR) is 123 cm³/mol. The van der Waals surface area contributed by atoms with Crippen molar-refractivity contribution in [1.82, 2.24) is 4.90 Å². The summed E-state index contributed by atoms with van der Waals surface area (Å²) in [6, 6.07) is 13.2. The van der Waals surface area contributed by atoms with E-state index in [2.05, 4.69) is 11.8 Å². The summed E-state index contributed by atoms with van der Waals surface area (Å²) in [5.41, 5.74) is 4.57. The van der Waals surface area contributed by atoms with Crippen molar-refractivity contribution in [2.75, 3.05) is 24.6 Å². The molecule has 5 heteroatoms. The largest absolute Gasteiger partial charge is 0.492 e. The normalized spacial score (nSPS) is 19.4. The Morgan fingerprint density at radius 1 is 1.03 bits per heavy atom. The highest BCUT2D eigenvalue weighted by molar-refractivity contribution is 6.45. The van der Waals surface area contributed by atoms with Crippen LogP contribution in [-0.2, 0) is 9.59 Å². The van der Waals surface area contributed by atoms with Crippen molar-refractivity contribution in [3.8, 4) is 5.75 Å². The lowest BCUT2D eigenvalue weighted by molar-refractivity contribution is -0.120. The SMILES string of the molecule is CCOc1ccccc1N1C(=O)C(c2ccc(C)c(C)c2)=C(N2CCCC(C)C2)C1=O. The Morgan fingerprint density at radius 2 is 1.81 bits per heavy atom. The molecule has 31 heavy (non-hydrogen) atoms. The number of likely N-dealkylation sites (tertiary alicyclic amines) is 1. The maximum atomic E-state index is 13.8. The Hall–Kier alpha value is -3.08. The molecule has 1 atom stereocenters. The van der Waals surface area contributed by atoms with E-state index in [1.54, 1.807) is 12.1 Å². The molecule has 2 heterocycles. The molecule has 2 aliphatic heterocycles. The molecule has 162 valence electrons. The number of nitrogens with zero attached hydrogens (tertiary/aromatic N) is 2. The zero-order valence-electron chi connectivity index (χ0n) is 18.8. The third-order valence-corrected chi connectivity index (χ3v) is 6.23. The standard InChI is InChI=1S/C26H30N2O3/c1-5-31-22-11-7-6-10-21(22)28-25(29)23(20-13-12-18(3)19(4)15-20)24(26(28)30)27-14-8-9-17(2)16-27/h6-7,10-13,15,17H,5,8-9,14,16H2,1-4H3. The molecule has 0 N–H and O–H groups in total. The molecule has 0 bridgehead atoms. The topological polar surface area (TPSA) is 49.9 Å². The van der Waals surface area contributed by atoms with Crippen LogP contribution in [0.5, 0.6) is 5.75 Å². The molecule has 5 nitrogen and oxygen atoms in total. The number of hydrogen-bond acceptors (Lipinski definition) is 4. The Labute approximate surface area is 184 Å². The molecule has 0 radical (unpaired) electrons. The van der Waals surface area contributed by atoms with Crippen molar-refractivity contribution in [2.24, 2.45) is 5.92 Å². The number of piperidine rings is 1. The van der Waals surface area contributed by atoms with Gasteiger partial charge in [0, 0.05) is 13.1 Å². The van der Waals surface area contributed by atoms with E-state index in [-0.39, 0.29) is 11.8 Å². The maximum absolute atomic E-state index is 13.8. The van der Waals surface area contributed by atoms with Gasteiger partial charge in [-0.1, -0.05) is 37.3 Å². The molecule has 2 amide bonds. The molecule has 0 aliphatic carbocycles. The van der Waals surface area contributed by atoms with Crippen LogP contribution in [0.4, 0.5) is 5.69 Å². The van der Waals surface area contributed by atoms with Crippen LogP contribution in [0.1, 0.15) is 43.4 Å². The van der Waals surface area contributed by atoms with Crippen LogP contribution in [0, 0.1) is 19.8 Å². The molecule has 0 spiro atoms. The maximum Gasteiger partial charge on any atom is 0.282 e. The summed E-state index contributed by atoms with van der Waals surface area (Å²) in [5, 5.41) is 0. The summed E-state index contributed by atoms with van der Waals surface area (Å²) >= 11 is 0. The van der Waals surface area contributed by atoms with Crippen LogP contribution in [0.15, 0.2) is 48.2 Å². The lowest BCUT2D eigenvalue weighted by atomic mass is 9.96. The first-order valence-electron chi connectivity index (χ1n) is 11.1. The highest BCUT2D eigenvalue weighted by Crippen LogP contribution is 2.39. The minimum absolute atomic E-state index is 0.264. The number of imide groups is 1. The number of aryl methyl sites for hydroxylation is 2. The van der Waals surface area contributed by atoms with Crippen LogP contribution in [0.2, 0.25) is 0 Å². The molecule has 1 saturated heterocycles. The highest BCUT2D eigenvalue weighted by Gasteiger charge is 2.44. The number of anilines is 1. The van der Waals surface area contributed by atoms with Gasteiger partial charge in [0.2, 0.25) is 0 Å². The van der Waals surface area contributed by atoms with E-state index in [0.717, 1.165) is 42.6 Å². The Bertz CT molecular complexity index is 1060. The average Bonchev–Trinajstić information content (AvgIpc) is 3.01. The molecule has 1 unspecified atom stereocenters. The minimum atomic E-state index is -0.284. The number of benzene rings is 2. The molecule has 2 aromatic rings. The van der Waals surface area contributed by atoms with E-state index in [1.165, 1.54) is 4.90 Å². The quantitative estimate of drug-likeness (QED) is 0.660. The van der Waals surface area contributed by atoms with Crippen molar-refractivity contribution >= 4 is 23.1 Å². The third kappa shape index (κ3) is 3.85. The molecule has 2 aromatic carbocycles. The Kier molecular flexibility index (Phi) is 5.86. The van der Waals surface area contributed by atoms with Gasteiger partial charge >= 0.3 is 0 Å². The Balaban J connectivity index is 1.85. The van der Waals surface area contributed by atoms with Gasteiger partial charge in [-0.2, -0.15) is 0 Å². The molecular weight excluding hydrogens is 388 g/mol. The second-order valence-electron chi connectivity index (χ2n) is 8.56. The van der Waals surface area contributed by atoms with Gasteiger partial charge in [-0.15, -0.1) is 0 Å². The van der Waals surface area contributed by atoms with E-state index in [9.17, 15) is 9.59 Å². The fourth-order valence-corrected chi connectivity index (χ4v) is 4.50. The summed E-state index contributed by atoms with van der Waals surface area (Å²) in [5.74, 6) is 0.474. The monoisotopic (exact) mass is 418 g/mol. The first kappa shape index (κ1) is 21.2. The number of para-hydroxylation sites is 2. The Morgan fingerprint density at radius 3 is 2.52 bits per heavy atom. The summed E-state index contributed by atoms with van der Waals surface area (Å²) in [6.45, 7) is 10.2. The van der Waals surface area contributed by atoms with E-state index in [4.69, 9.17) is 4.74 Å². The van der Waals surface area contributed by atoms with E-state index < -0.39 is 0 Å². The van der Waals surface area contributed by atoms with Crippen molar-refractivity contribution < 1.29 is 14.3 Å². The molecule has 4 rings (SSSR count). The zero-order chi connectivity index (χ0) is 22.1. The number of rotatable bonds is 5. The smallest absolute Gasteiger partial charge is 0.282 e. The van der Waals surface area contributed by atoms with Gasteiger partial charge in [-0.3, -0.25) is 9.59 Å². The molecule has 1 fully saturated rings. The number of carbonyl (C=O) groups is 2. The van der Waals surface area contributed by atoms with Gasteiger partial charge in [0.15, 0.2) is 0 Å². The van der Waals surface area contributed by atoms with E-state index in [1.807, 2.05) is 51.1 Å². The molecular formula is C26H30N2O3. The minimum Gasteiger partial charge on any atom is -0.492 e. The van der Waals surface area contributed by atoms with Gasteiger partial charge in [-0.25, -0.2) is 4.90 Å². The second kappa shape index (κ2) is 8.58. The highest BCUT2D eigenvalue weighted by atomic mass is 16.5. The fourth-order valence-electron chi connectivity index (χ4n) is 4.50. The van der Waals surface area contributed by atoms with E-state index >= 15 is 0 Å². The first-order chi connectivity index (χ1) is 14.9. The molecule has 0 saturated carbocycles. The van der Waals surface area contributed by atoms with Crippen molar-refractivity contribution in [3.63, 3.8) is 0 Å². The fraction of sp³-hybridized carbons (Fsp3) is 0.385. The van der Waals surface area contributed by atoms with Crippen LogP contribution < -0.4 is 9.64 Å². The molecule has 2 aliphatic rings. The van der Waals surface area contributed by atoms with Gasteiger partial charge in [0.1, 0.15) is 11.4 Å². The lowest BCUT2D eigenvalue weighted by Crippen LogP contribution is -2.39. The predicted octanol–water partition coefficient (Wildman–Crippen LogP) is 4.72. The number of carbonyl (C=O) groups excluding carboxylic acids is 2. The summed E-state index contributed by atoms with van der Waals surface area (Å²) in [6.07, 6.45) is 2.16. The van der Waals surface area contributed by atoms with E-state index in [0.29, 0.717) is 35.2 Å². The van der Waals surface area contributed by atoms with Gasteiger partial charge in [-0.05, 0) is 68.4 Å². The van der Waals surface area contributed by atoms with Crippen LogP contribution in [0.25, 0.3) is 5.57 Å². The average molecular weight is 419 g/mol. The number of hydrogen-bond donors (Lipinski definition) is 0. The summed E-state index contributed by atoms with van der Waals surface area (Å²) in [4.78, 5) is 30.9. The summed E-state index contributed by atoms with van der Waals surface area (Å²) in [7, 11) is 0. The third-order valence-electron chi connectivity index (χ3n) is 6.23. The van der Waals surface area contributed by atoms with Crippen LogP contribution >= 0.6 is 0 Å². The van der Waals surface area contributed by atoms with Gasteiger partial charge < -0.3 is 9.64 Å². The van der Waals surface area contributed by atoms with Crippen molar-refractivity contribution in [2.45, 2.75) is 40.5 Å². The van der Waals surface area contributed by atoms with Crippen LogP contribution in [-0.4, -0.2) is 36.4 Å². The zero-order valence-corrected chi connectivity index (χ0v) is 18.8. The molecule has 0 aromatic heterocycles. The van der Waals surface area contributed by atoms with Crippen LogP contribution in [0.3, 0.4) is 0 Å². The van der Waals surface area contributed by atoms with Gasteiger partial charge in [0.05, 0.1) is 17.9 Å². The van der Waals surface area contributed by atoms with Crippen molar-refractivity contribution in [1.29, 1.82) is 0 Å². The summed E-state index contributed by atoms with van der Waals surface area (Å²) < 4.78 is 5.74. The van der Waals surface area contributed by atoms with Gasteiger partial charge in [0.25, 0.3) is 11.8 Å².